The molecule has 118 valence electrons. The second-order valence-corrected chi connectivity index (χ2v) is 7.91. The average molecular weight is 313 g/mol. The van der Waals surface area contributed by atoms with E-state index >= 15 is 0 Å². The van der Waals surface area contributed by atoms with Gasteiger partial charge in [-0.25, -0.2) is 8.42 Å². The Morgan fingerprint density at radius 2 is 1.81 bits per heavy atom. The van der Waals surface area contributed by atoms with Gasteiger partial charge in [0.05, 0.1) is 11.0 Å². The number of benzene rings is 1. The van der Waals surface area contributed by atoms with Crippen LogP contribution in [0.25, 0.3) is 0 Å². The summed E-state index contributed by atoms with van der Waals surface area (Å²) in [6.45, 7) is 4.26. The predicted molar refractivity (Wildman–Crippen MR) is 84.4 cm³/mol. The quantitative estimate of drug-likeness (QED) is 0.756. The molecule has 0 unspecified atom stereocenters. The molecule has 1 aromatic carbocycles. The van der Waals surface area contributed by atoms with Crippen LogP contribution in [0, 0.1) is 0 Å². The molecule has 1 N–H and O–H groups in total. The number of carboxylic acid groups (broad SMARTS) is 1. The van der Waals surface area contributed by atoms with Gasteiger partial charge in [-0.15, -0.1) is 0 Å². The maximum absolute atomic E-state index is 11.9. The molecule has 1 rings (SSSR count). The zero-order valence-corrected chi connectivity index (χ0v) is 13.3. The molecule has 0 saturated heterocycles. The lowest BCUT2D eigenvalue weighted by molar-refractivity contribution is -0.137. The van der Waals surface area contributed by atoms with Crippen molar-refractivity contribution in [2.24, 2.45) is 0 Å². The summed E-state index contributed by atoms with van der Waals surface area (Å²) < 4.78 is 23.9. The van der Waals surface area contributed by atoms with Gasteiger partial charge in [-0.3, -0.25) is 4.79 Å². The van der Waals surface area contributed by atoms with E-state index in [2.05, 4.69) is 0 Å². The fourth-order valence-corrected chi connectivity index (χ4v) is 2.85. The van der Waals surface area contributed by atoms with E-state index in [0.29, 0.717) is 19.5 Å². The van der Waals surface area contributed by atoms with Crippen LogP contribution in [0.5, 0.6) is 0 Å². The molecular formula is C15H23NO4S. The van der Waals surface area contributed by atoms with Crippen molar-refractivity contribution in [2.75, 3.05) is 23.7 Å². The van der Waals surface area contributed by atoms with Gasteiger partial charge in [-0.05, 0) is 32.4 Å². The van der Waals surface area contributed by atoms with Crippen LogP contribution in [-0.2, 0) is 14.6 Å². The largest absolute Gasteiger partial charge is 0.481 e. The normalized spacial score (nSPS) is 11.6. The number of sulfone groups is 1. The lowest BCUT2D eigenvalue weighted by Gasteiger charge is -2.25. The number of aliphatic carboxylic acids is 1. The Hall–Kier alpha value is -1.56. The van der Waals surface area contributed by atoms with E-state index in [1.54, 1.807) is 13.8 Å². The van der Waals surface area contributed by atoms with Gasteiger partial charge in [0.15, 0.2) is 9.84 Å². The number of hydrogen-bond acceptors (Lipinski definition) is 4. The third-order valence-electron chi connectivity index (χ3n) is 3.30. The molecule has 0 saturated carbocycles. The zero-order valence-electron chi connectivity index (χ0n) is 12.5. The summed E-state index contributed by atoms with van der Waals surface area (Å²) in [5, 5.41) is 8.32. The van der Waals surface area contributed by atoms with Crippen molar-refractivity contribution in [2.45, 2.75) is 31.9 Å². The van der Waals surface area contributed by atoms with E-state index in [9.17, 15) is 13.2 Å². The number of anilines is 1. The van der Waals surface area contributed by atoms with Gasteiger partial charge in [-0.2, -0.15) is 0 Å². The van der Waals surface area contributed by atoms with Crippen LogP contribution in [0.4, 0.5) is 5.69 Å². The average Bonchev–Trinajstić information content (AvgIpc) is 2.43. The van der Waals surface area contributed by atoms with Crippen molar-refractivity contribution in [1.82, 2.24) is 0 Å². The van der Waals surface area contributed by atoms with E-state index in [-0.39, 0.29) is 12.2 Å². The molecule has 0 fully saturated rings. The lowest BCUT2D eigenvalue weighted by atomic mass is 10.2. The van der Waals surface area contributed by atoms with E-state index < -0.39 is 21.1 Å². The van der Waals surface area contributed by atoms with Crippen molar-refractivity contribution in [3.63, 3.8) is 0 Å². The molecule has 0 aliphatic rings. The van der Waals surface area contributed by atoms with Gasteiger partial charge in [0.25, 0.3) is 0 Å². The van der Waals surface area contributed by atoms with Crippen LogP contribution in [0.1, 0.15) is 26.7 Å². The molecule has 21 heavy (non-hydrogen) atoms. The molecular weight excluding hydrogens is 290 g/mol. The smallest absolute Gasteiger partial charge is 0.303 e. The van der Waals surface area contributed by atoms with Gasteiger partial charge in [0.2, 0.25) is 0 Å². The molecule has 1 aromatic rings. The Labute approximate surface area is 126 Å². The Bertz CT molecular complexity index is 540. The van der Waals surface area contributed by atoms with Gasteiger partial charge in [0, 0.05) is 25.2 Å². The molecule has 6 heteroatoms. The fourth-order valence-electron chi connectivity index (χ4n) is 1.90. The summed E-state index contributed by atoms with van der Waals surface area (Å²) in [5.74, 6) is -0.759. The summed E-state index contributed by atoms with van der Waals surface area (Å²) in [6, 6.07) is 9.47. The maximum atomic E-state index is 11.9. The van der Waals surface area contributed by atoms with E-state index in [1.165, 1.54) is 0 Å². The third kappa shape index (κ3) is 6.16. The first-order valence-corrected chi connectivity index (χ1v) is 8.78. The van der Waals surface area contributed by atoms with Gasteiger partial charge in [0.1, 0.15) is 0 Å². The summed E-state index contributed by atoms with van der Waals surface area (Å²) in [6.07, 6.45) is 0.576. The molecule has 0 aliphatic heterocycles. The number of rotatable bonds is 9. The highest BCUT2D eigenvalue weighted by atomic mass is 32.2. The summed E-state index contributed by atoms with van der Waals surface area (Å²) in [7, 11) is -3.10. The Kier molecular flexibility index (Phi) is 6.68. The van der Waals surface area contributed by atoms with Crippen LogP contribution < -0.4 is 4.90 Å². The summed E-state index contributed by atoms with van der Waals surface area (Å²) in [4.78, 5) is 12.5. The molecule has 0 radical (unpaired) electrons. The predicted octanol–water partition coefficient (Wildman–Crippen LogP) is 2.18. The monoisotopic (exact) mass is 313 g/mol. The number of hydrogen-bond donors (Lipinski definition) is 1. The molecule has 5 nitrogen and oxygen atoms in total. The van der Waals surface area contributed by atoms with Gasteiger partial charge < -0.3 is 10.0 Å². The van der Waals surface area contributed by atoms with Gasteiger partial charge in [-0.1, -0.05) is 18.2 Å². The fraction of sp³-hybridized carbons (Fsp3) is 0.533. The van der Waals surface area contributed by atoms with Crippen molar-refractivity contribution in [1.29, 1.82) is 0 Å². The van der Waals surface area contributed by atoms with Gasteiger partial charge >= 0.3 is 5.97 Å². The van der Waals surface area contributed by atoms with E-state index in [1.807, 2.05) is 35.2 Å². The SMILES string of the molecule is CC(C)S(=O)(=O)CCN(CCCC(=O)O)c1ccccc1. The Morgan fingerprint density at radius 3 is 2.33 bits per heavy atom. The van der Waals surface area contributed by atoms with Crippen LogP contribution in [-0.4, -0.2) is 43.6 Å². The molecule has 0 spiro atoms. The van der Waals surface area contributed by atoms with Crippen LogP contribution in [0.3, 0.4) is 0 Å². The second kappa shape index (κ2) is 8.02. The summed E-state index contributed by atoms with van der Waals surface area (Å²) >= 11 is 0. The van der Waals surface area contributed by atoms with Crippen LogP contribution in [0.15, 0.2) is 30.3 Å². The first-order valence-electron chi connectivity index (χ1n) is 7.06. The highest BCUT2D eigenvalue weighted by Crippen LogP contribution is 2.15. The minimum atomic E-state index is -3.10. The van der Waals surface area contributed by atoms with Crippen LogP contribution in [0.2, 0.25) is 0 Å². The number of carboxylic acids is 1. The summed E-state index contributed by atoms with van der Waals surface area (Å²) in [5.41, 5.74) is 0.918. The number of nitrogens with zero attached hydrogens (tertiary/aromatic N) is 1. The number of para-hydroxylation sites is 1. The van der Waals surface area contributed by atoms with Crippen molar-refractivity contribution < 1.29 is 18.3 Å². The molecule has 0 aliphatic carbocycles. The zero-order chi connectivity index (χ0) is 15.9. The van der Waals surface area contributed by atoms with Crippen molar-refractivity contribution >= 4 is 21.5 Å². The van der Waals surface area contributed by atoms with E-state index in [4.69, 9.17) is 5.11 Å². The minimum Gasteiger partial charge on any atom is -0.481 e. The molecule has 0 atom stereocenters. The minimum absolute atomic E-state index is 0.0760. The second-order valence-electron chi connectivity index (χ2n) is 5.24. The topological polar surface area (TPSA) is 74.7 Å². The highest BCUT2D eigenvalue weighted by molar-refractivity contribution is 7.92. The third-order valence-corrected chi connectivity index (χ3v) is 5.49. The van der Waals surface area contributed by atoms with Crippen LogP contribution >= 0.6 is 0 Å². The first-order chi connectivity index (χ1) is 9.83. The Balaban J connectivity index is 2.71. The first kappa shape index (κ1) is 17.5. The molecule has 0 bridgehead atoms. The Morgan fingerprint density at radius 1 is 1.19 bits per heavy atom. The van der Waals surface area contributed by atoms with Crippen molar-refractivity contribution in [3.8, 4) is 0 Å². The standard InChI is InChI=1S/C15H23NO4S/c1-13(2)21(19,20)12-11-16(10-6-9-15(17)18)14-7-4-3-5-8-14/h3-5,7-8,13H,6,9-12H2,1-2H3,(H,17,18). The highest BCUT2D eigenvalue weighted by Gasteiger charge is 2.18. The van der Waals surface area contributed by atoms with Crippen molar-refractivity contribution in [3.05, 3.63) is 30.3 Å². The molecule has 0 amide bonds. The lowest BCUT2D eigenvalue weighted by Crippen LogP contribution is -2.32. The maximum Gasteiger partial charge on any atom is 0.303 e. The molecule has 0 aromatic heterocycles. The van der Waals surface area contributed by atoms with E-state index in [0.717, 1.165) is 5.69 Å². The molecule has 0 heterocycles. The number of carbonyl (C=O) groups is 1.